The zero-order valence-electron chi connectivity index (χ0n) is 25.8. The average Bonchev–Trinajstić information content (AvgIpc) is 3.59. The van der Waals surface area contributed by atoms with Crippen molar-refractivity contribution in [3.05, 3.63) is 49.6 Å². The molecule has 0 saturated carbocycles. The van der Waals surface area contributed by atoms with Gasteiger partial charge in [-0.2, -0.15) is 0 Å². The summed E-state index contributed by atoms with van der Waals surface area (Å²) in [6.45, 7) is 16.7. The minimum absolute atomic E-state index is 0.0411. The summed E-state index contributed by atoms with van der Waals surface area (Å²) >= 11 is 5.49. The monoisotopic (exact) mass is 675 g/mol. The smallest absolute Gasteiger partial charge is 0.247 e. The maximum atomic E-state index is 14.6. The number of thioether (sulfide) groups is 1. The van der Waals surface area contributed by atoms with Crippen LogP contribution in [0.5, 0.6) is 5.75 Å². The van der Waals surface area contributed by atoms with Gasteiger partial charge in [-0.1, -0.05) is 48.4 Å². The van der Waals surface area contributed by atoms with Crippen LogP contribution in [0.1, 0.15) is 53.4 Å². The molecule has 3 amide bonds. The number of carbonyl (C=O) groups is 3. The molecule has 0 aliphatic carbocycles. The molecule has 3 aliphatic rings. The van der Waals surface area contributed by atoms with Crippen LogP contribution >= 0.6 is 27.7 Å². The molecule has 8 atom stereocenters. The van der Waals surface area contributed by atoms with Gasteiger partial charge in [-0.05, 0) is 57.4 Å². The van der Waals surface area contributed by atoms with E-state index in [-0.39, 0.29) is 47.0 Å². The van der Waals surface area contributed by atoms with Crippen molar-refractivity contribution >= 4 is 51.1 Å². The largest absolute Gasteiger partial charge is 0.494 e. The normalized spacial score (nSPS) is 28.7. The van der Waals surface area contributed by atoms with Crippen LogP contribution in [0.25, 0.3) is 0 Å². The van der Waals surface area contributed by atoms with Gasteiger partial charge in [0.25, 0.3) is 0 Å². The first-order valence-corrected chi connectivity index (χ1v) is 17.3. The lowest BCUT2D eigenvalue weighted by Gasteiger charge is -2.41. The molecule has 3 heterocycles. The summed E-state index contributed by atoms with van der Waals surface area (Å²) in [5, 5.41) is 10.2. The number of rotatable bonds is 15. The second-order valence-electron chi connectivity index (χ2n) is 11.7. The van der Waals surface area contributed by atoms with Crippen LogP contribution in [0.4, 0.5) is 5.69 Å². The molecule has 3 aliphatic heterocycles. The van der Waals surface area contributed by atoms with Gasteiger partial charge in [-0.3, -0.25) is 14.4 Å². The van der Waals surface area contributed by atoms with Crippen LogP contribution in [-0.4, -0.2) is 91.9 Å². The van der Waals surface area contributed by atoms with Crippen molar-refractivity contribution in [3.8, 4) is 5.75 Å². The van der Waals surface area contributed by atoms with Crippen molar-refractivity contribution < 1.29 is 24.2 Å². The summed E-state index contributed by atoms with van der Waals surface area (Å²) in [4.78, 5) is 48.9. The number of anilines is 1. The molecule has 4 unspecified atom stereocenters. The fourth-order valence-corrected chi connectivity index (χ4v) is 10.9. The Hall–Kier alpha value is -2.30. The molecule has 3 fully saturated rings. The van der Waals surface area contributed by atoms with Crippen molar-refractivity contribution in [2.45, 2.75) is 86.3 Å². The number of carbonyl (C=O) groups excluding carboxylic acids is 3. The fraction of sp³-hybridized carbons (Fsp3) is 0.606. The minimum Gasteiger partial charge on any atom is -0.494 e. The van der Waals surface area contributed by atoms with Gasteiger partial charge >= 0.3 is 0 Å². The lowest BCUT2D eigenvalue weighted by Crippen LogP contribution is -2.59. The van der Waals surface area contributed by atoms with Gasteiger partial charge in [0, 0.05) is 34.9 Å². The van der Waals surface area contributed by atoms with Gasteiger partial charge in [-0.25, -0.2) is 0 Å². The number of hydrogen-bond acceptors (Lipinski definition) is 6. The zero-order chi connectivity index (χ0) is 31.5. The third kappa shape index (κ3) is 5.91. The first-order chi connectivity index (χ1) is 20.6. The summed E-state index contributed by atoms with van der Waals surface area (Å²) in [7, 11) is 0. The van der Waals surface area contributed by atoms with Gasteiger partial charge in [0.15, 0.2) is 0 Å². The van der Waals surface area contributed by atoms with E-state index in [1.54, 1.807) is 33.7 Å². The minimum atomic E-state index is -0.792. The van der Waals surface area contributed by atoms with E-state index >= 15 is 0 Å². The number of benzene rings is 1. The van der Waals surface area contributed by atoms with Crippen molar-refractivity contribution in [2.24, 2.45) is 11.8 Å². The Morgan fingerprint density at radius 1 is 1.19 bits per heavy atom. The van der Waals surface area contributed by atoms with E-state index < -0.39 is 28.7 Å². The number of halogens is 1. The summed E-state index contributed by atoms with van der Waals surface area (Å²) in [6, 6.07) is 6.03. The number of alkyl halides is 1. The molecule has 1 N–H and O–H groups in total. The molecule has 2 bridgehead atoms. The van der Waals surface area contributed by atoms with Crippen molar-refractivity contribution in [1.29, 1.82) is 0 Å². The molecule has 0 radical (unpaired) electrons. The summed E-state index contributed by atoms with van der Waals surface area (Å²) in [5.74, 6) is -1.09. The Kier molecular flexibility index (Phi) is 11.1. The summed E-state index contributed by atoms with van der Waals surface area (Å²) in [6.07, 6.45) is 6.24. The molecule has 1 aromatic carbocycles. The Morgan fingerprint density at radius 2 is 1.86 bits per heavy atom. The van der Waals surface area contributed by atoms with Crippen molar-refractivity contribution in [3.63, 3.8) is 0 Å². The average molecular weight is 677 g/mol. The van der Waals surface area contributed by atoms with E-state index in [1.807, 2.05) is 49.9 Å². The highest BCUT2D eigenvalue weighted by Gasteiger charge is 2.76. The van der Waals surface area contributed by atoms with E-state index in [9.17, 15) is 19.5 Å². The lowest BCUT2D eigenvalue weighted by molar-refractivity contribution is -0.146. The third-order valence-electron chi connectivity index (χ3n) is 9.21. The predicted octanol–water partition coefficient (Wildman–Crippen LogP) is 5.04. The zero-order valence-corrected chi connectivity index (χ0v) is 28.2. The van der Waals surface area contributed by atoms with Gasteiger partial charge in [0.2, 0.25) is 17.7 Å². The highest BCUT2D eigenvalue weighted by molar-refractivity contribution is 9.09. The molecule has 8 nitrogen and oxygen atoms in total. The standard InChI is InChI=1S/C33H46BrN3O5S/c1-7-12-21(6)35(17-8-2)32(41)29-33-19-25(34)28(43-33)26(27(33)31(40)37(29)22(10-4)20-38)30(39)36(18-9-3)23-13-15-24(16-14-23)42-11-5/h8-9,13-16,21-22,25-29,38H,2-3,7,10-12,17-20H2,1,4-6H3/t21?,22-,25?,26+,27-,28+,29?,33?/m0/s1. The summed E-state index contributed by atoms with van der Waals surface area (Å²) in [5.41, 5.74) is 0.698. The Bertz CT molecular complexity index is 1190. The second kappa shape index (κ2) is 14.2. The molecular formula is C33H46BrN3O5S. The number of nitrogens with zero attached hydrogens (tertiary/aromatic N) is 3. The first kappa shape index (κ1) is 33.6. The molecule has 0 aromatic heterocycles. The van der Waals surface area contributed by atoms with Crippen LogP contribution in [-0.2, 0) is 14.4 Å². The maximum absolute atomic E-state index is 14.6. The van der Waals surface area contributed by atoms with Crippen LogP contribution in [0.15, 0.2) is 49.6 Å². The molecule has 3 saturated heterocycles. The van der Waals surface area contributed by atoms with Gasteiger partial charge in [0.05, 0.1) is 35.8 Å². The predicted molar refractivity (Wildman–Crippen MR) is 177 cm³/mol. The van der Waals surface area contributed by atoms with Crippen LogP contribution in [0.3, 0.4) is 0 Å². The van der Waals surface area contributed by atoms with Crippen molar-refractivity contribution in [1.82, 2.24) is 9.80 Å². The summed E-state index contributed by atoms with van der Waals surface area (Å²) < 4.78 is 4.81. The van der Waals surface area contributed by atoms with Gasteiger partial charge < -0.3 is 24.5 Å². The first-order valence-electron chi connectivity index (χ1n) is 15.5. The molecule has 4 rings (SSSR count). The van der Waals surface area contributed by atoms with Crippen LogP contribution in [0, 0.1) is 11.8 Å². The third-order valence-corrected chi connectivity index (χ3v) is 12.4. The van der Waals surface area contributed by atoms with Crippen molar-refractivity contribution in [2.75, 3.05) is 31.2 Å². The Labute approximate surface area is 269 Å². The number of likely N-dealkylation sites (tertiary alicyclic amines) is 1. The molecule has 236 valence electrons. The lowest BCUT2D eigenvalue weighted by atomic mass is 9.70. The number of amides is 3. The molecular weight excluding hydrogens is 630 g/mol. The van der Waals surface area contributed by atoms with Crippen LogP contribution in [0.2, 0.25) is 0 Å². The molecule has 1 aromatic rings. The fourth-order valence-electron chi connectivity index (χ4n) is 7.31. The van der Waals surface area contributed by atoms with E-state index in [4.69, 9.17) is 4.74 Å². The number of aliphatic hydroxyl groups excluding tert-OH is 1. The molecule has 43 heavy (non-hydrogen) atoms. The highest BCUT2D eigenvalue weighted by atomic mass is 79.9. The van der Waals surface area contributed by atoms with E-state index in [0.717, 1.165) is 12.8 Å². The highest BCUT2D eigenvalue weighted by Crippen LogP contribution is 2.68. The number of hydrogen-bond donors (Lipinski definition) is 1. The van der Waals surface area contributed by atoms with E-state index in [2.05, 4.69) is 36.0 Å². The number of aliphatic hydroxyl groups is 1. The second-order valence-corrected chi connectivity index (χ2v) is 14.5. The topological polar surface area (TPSA) is 90.4 Å². The SMILES string of the molecule is C=CCN(C(=O)[C@H]1[C@@H]2SC3(CC2Br)C(C(=O)N(CC=C)C(C)CCC)N([C@@H](CC)CO)C(=O)[C@H]13)c1ccc(OCC)cc1. The molecule has 10 heteroatoms. The maximum Gasteiger partial charge on any atom is 0.247 e. The van der Waals surface area contributed by atoms with E-state index in [0.29, 0.717) is 37.4 Å². The number of fused-ring (bicyclic) bond motifs is 1. The Morgan fingerprint density at radius 3 is 2.42 bits per heavy atom. The van der Waals surface area contributed by atoms with Gasteiger partial charge in [-0.15, -0.1) is 24.9 Å². The van der Waals surface area contributed by atoms with E-state index in [1.165, 1.54) is 0 Å². The molecule has 1 spiro atoms. The number of ether oxygens (including phenoxy) is 1. The Balaban J connectivity index is 1.79. The van der Waals surface area contributed by atoms with Crippen LogP contribution < -0.4 is 9.64 Å². The quantitative estimate of drug-likeness (QED) is 0.207. The van der Waals surface area contributed by atoms with Gasteiger partial charge in [0.1, 0.15) is 11.8 Å².